The number of nitrogens with zero attached hydrogens (tertiary/aromatic N) is 1. The molecule has 18 heavy (non-hydrogen) atoms. The average molecular weight is 259 g/mol. The minimum absolute atomic E-state index is 0.240. The van der Waals surface area contributed by atoms with Crippen molar-refractivity contribution in [3.05, 3.63) is 0 Å². The number of likely N-dealkylation sites (tertiary alicyclic amines) is 1. The Morgan fingerprint density at radius 2 is 2.06 bits per heavy atom. The molecule has 108 valence electrons. The van der Waals surface area contributed by atoms with E-state index in [1.165, 1.54) is 6.42 Å². The Labute approximate surface area is 111 Å². The van der Waals surface area contributed by atoms with E-state index >= 15 is 0 Å². The fraction of sp³-hybridized carbons (Fsp3) is 1.00. The number of aliphatic hydroxyl groups excluding tert-OH is 2. The molecule has 0 bridgehead atoms. The van der Waals surface area contributed by atoms with Crippen LogP contribution in [0.3, 0.4) is 0 Å². The molecule has 0 aromatic carbocycles. The lowest BCUT2D eigenvalue weighted by molar-refractivity contribution is -0.0828. The number of aliphatic hydroxyl groups is 2. The molecular weight excluding hydrogens is 230 g/mol. The van der Waals surface area contributed by atoms with Crippen molar-refractivity contribution in [2.24, 2.45) is 0 Å². The van der Waals surface area contributed by atoms with E-state index in [0.29, 0.717) is 6.04 Å². The van der Waals surface area contributed by atoms with Gasteiger partial charge in [-0.25, -0.2) is 0 Å². The lowest BCUT2D eigenvalue weighted by Crippen LogP contribution is -2.41. The van der Waals surface area contributed by atoms with Crippen molar-refractivity contribution < 1.29 is 14.9 Å². The molecule has 1 aliphatic rings. The van der Waals surface area contributed by atoms with E-state index in [1.54, 1.807) is 7.11 Å². The van der Waals surface area contributed by atoms with E-state index < -0.39 is 11.7 Å². The summed E-state index contributed by atoms with van der Waals surface area (Å²) in [5.74, 6) is 0. The minimum Gasteiger partial charge on any atom is -0.393 e. The smallest absolute Gasteiger partial charge is 0.0880 e. The third kappa shape index (κ3) is 4.50. The van der Waals surface area contributed by atoms with Gasteiger partial charge in [0.2, 0.25) is 0 Å². The van der Waals surface area contributed by atoms with Gasteiger partial charge in [-0.2, -0.15) is 0 Å². The quantitative estimate of drug-likeness (QED) is 0.725. The van der Waals surface area contributed by atoms with Crippen molar-refractivity contribution in [3.8, 4) is 0 Å². The predicted octanol–water partition coefficient (Wildman–Crippen LogP) is 1.40. The molecule has 3 unspecified atom stereocenters. The van der Waals surface area contributed by atoms with E-state index in [2.05, 4.69) is 4.90 Å². The van der Waals surface area contributed by atoms with Gasteiger partial charge < -0.3 is 19.8 Å². The van der Waals surface area contributed by atoms with E-state index in [1.807, 2.05) is 20.8 Å². The van der Waals surface area contributed by atoms with Crippen molar-refractivity contribution in [3.63, 3.8) is 0 Å². The zero-order valence-corrected chi connectivity index (χ0v) is 12.2. The first-order valence-corrected chi connectivity index (χ1v) is 7.02. The normalized spacial score (nSPS) is 25.3. The van der Waals surface area contributed by atoms with Gasteiger partial charge in [0.05, 0.1) is 17.8 Å². The van der Waals surface area contributed by atoms with Gasteiger partial charge in [0.15, 0.2) is 0 Å². The van der Waals surface area contributed by atoms with Crippen LogP contribution in [0.5, 0.6) is 0 Å². The second-order valence-electron chi connectivity index (χ2n) is 6.03. The summed E-state index contributed by atoms with van der Waals surface area (Å²) >= 11 is 0. The summed E-state index contributed by atoms with van der Waals surface area (Å²) in [6, 6.07) is 0.475. The fourth-order valence-electron chi connectivity index (χ4n) is 2.62. The topological polar surface area (TPSA) is 52.9 Å². The van der Waals surface area contributed by atoms with E-state index in [-0.39, 0.29) is 6.10 Å². The van der Waals surface area contributed by atoms with Gasteiger partial charge in [-0.3, -0.25) is 0 Å². The monoisotopic (exact) mass is 259 g/mol. The fourth-order valence-corrected chi connectivity index (χ4v) is 2.62. The molecule has 4 nitrogen and oxygen atoms in total. The van der Waals surface area contributed by atoms with Gasteiger partial charge in [0, 0.05) is 19.7 Å². The second kappa shape index (κ2) is 6.85. The van der Waals surface area contributed by atoms with Gasteiger partial charge in [-0.1, -0.05) is 0 Å². The maximum Gasteiger partial charge on any atom is 0.0880 e. The maximum atomic E-state index is 10.1. The molecule has 0 radical (unpaired) electrons. The molecule has 0 saturated carbocycles. The number of methoxy groups -OCH3 is 1. The molecule has 0 aliphatic carbocycles. The predicted molar refractivity (Wildman–Crippen MR) is 72.6 cm³/mol. The lowest BCUT2D eigenvalue weighted by atomic mass is 9.98. The molecule has 1 aliphatic heterocycles. The molecule has 4 heteroatoms. The lowest BCUT2D eigenvalue weighted by Gasteiger charge is -2.32. The van der Waals surface area contributed by atoms with Crippen LogP contribution in [0, 0.1) is 0 Å². The van der Waals surface area contributed by atoms with E-state index in [9.17, 15) is 10.2 Å². The van der Waals surface area contributed by atoms with E-state index in [4.69, 9.17) is 4.74 Å². The summed E-state index contributed by atoms with van der Waals surface area (Å²) in [6.07, 6.45) is 3.22. The first-order valence-electron chi connectivity index (χ1n) is 7.02. The zero-order valence-electron chi connectivity index (χ0n) is 12.2. The Hall–Kier alpha value is -0.160. The molecule has 1 saturated heterocycles. The molecule has 0 aromatic rings. The SMILES string of the molecule is COC(C)(C)C(O)CCN1CCCC1CC(C)O. The number of hydrogen-bond donors (Lipinski definition) is 2. The van der Waals surface area contributed by atoms with Crippen molar-refractivity contribution >= 4 is 0 Å². The van der Waals surface area contributed by atoms with Crippen LogP contribution in [-0.4, -0.2) is 59.2 Å². The average Bonchev–Trinajstić information content (AvgIpc) is 2.72. The first-order chi connectivity index (χ1) is 8.36. The molecular formula is C14H29NO3. The van der Waals surface area contributed by atoms with Gasteiger partial charge in [-0.05, 0) is 53.0 Å². The number of ether oxygens (including phenoxy) is 1. The molecule has 2 N–H and O–H groups in total. The Kier molecular flexibility index (Phi) is 6.05. The third-order valence-electron chi connectivity index (χ3n) is 4.13. The Bertz CT molecular complexity index is 243. The standard InChI is InChI=1S/C14H29NO3/c1-11(16)10-12-6-5-8-15(12)9-7-13(17)14(2,3)18-4/h11-13,16-17H,5-10H2,1-4H3. The van der Waals surface area contributed by atoms with Crippen LogP contribution in [0.15, 0.2) is 0 Å². The third-order valence-corrected chi connectivity index (χ3v) is 4.13. The highest BCUT2D eigenvalue weighted by Crippen LogP contribution is 2.23. The molecule has 1 fully saturated rings. The zero-order chi connectivity index (χ0) is 13.8. The highest BCUT2D eigenvalue weighted by Gasteiger charge is 2.30. The molecule has 0 aromatic heterocycles. The van der Waals surface area contributed by atoms with Crippen molar-refractivity contribution in [1.82, 2.24) is 4.90 Å². The number of rotatable bonds is 7. The highest BCUT2D eigenvalue weighted by atomic mass is 16.5. The van der Waals surface area contributed by atoms with Crippen molar-refractivity contribution in [2.45, 2.75) is 70.3 Å². The summed E-state index contributed by atoms with van der Waals surface area (Å²) < 4.78 is 5.30. The van der Waals surface area contributed by atoms with Gasteiger partial charge >= 0.3 is 0 Å². The van der Waals surface area contributed by atoms with E-state index in [0.717, 1.165) is 32.4 Å². The Balaban J connectivity index is 2.38. The largest absolute Gasteiger partial charge is 0.393 e. The first kappa shape index (κ1) is 15.9. The molecule has 3 atom stereocenters. The summed E-state index contributed by atoms with van der Waals surface area (Å²) in [6.45, 7) is 7.63. The summed E-state index contributed by atoms with van der Waals surface area (Å²) in [5.41, 5.74) is -0.487. The van der Waals surface area contributed by atoms with Crippen LogP contribution in [-0.2, 0) is 4.74 Å². The molecule has 0 spiro atoms. The van der Waals surface area contributed by atoms with Gasteiger partial charge in [-0.15, -0.1) is 0 Å². The summed E-state index contributed by atoms with van der Waals surface area (Å²) in [7, 11) is 1.63. The molecule has 1 heterocycles. The van der Waals surface area contributed by atoms with Crippen molar-refractivity contribution in [1.29, 1.82) is 0 Å². The van der Waals surface area contributed by atoms with Crippen LogP contribution < -0.4 is 0 Å². The Morgan fingerprint density at radius 3 is 2.61 bits per heavy atom. The molecule has 1 rings (SSSR count). The van der Waals surface area contributed by atoms with Crippen LogP contribution in [0.4, 0.5) is 0 Å². The second-order valence-corrected chi connectivity index (χ2v) is 6.03. The van der Waals surface area contributed by atoms with Gasteiger partial charge in [0.25, 0.3) is 0 Å². The minimum atomic E-state index is -0.487. The van der Waals surface area contributed by atoms with Crippen LogP contribution in [0.1, 0.15) is 46.5 Å². The van der Waals surface area contributed by atoms with Gasteiger partial charge in [0.1, 0.15) is 0 Å². The van der Waals surface area contributed by atoms with Crippen LogP contribution in [0.2, 0.25) is 0 Å². The summed E-state index contributed by atoms with van der Waals surface area (Å²) in [5, 5.41) is 19.6. The highest BCUT2D eigenvalue weighted by molar-refractivity contribution is 4.84. The van der Waals surface area contributed by atoms with Crippen LogP contribution >= 0.6 is 0 Å². The number of hydrogen-bond acceptors (Lipinski definition) is 4. The Morgan fingerprint density at radius 1 is 1.39 bits per heavy atom. The van der Waals surface area contributed by atoms with Crippen LogP contribution in [0.25, 0.3) is 0 Å². The molecule has 0 amide bonds. The summed E-state index contributed by atoms with van der Waals surface area (Å²) in [4.78, 5) is 2.39. The van der Waals surface area contributed by atoms with Crippen molar-refractivity contribution in [2.75, 3.05) is 20.2 Å². The maximum absolute atomic E-state index is 10.1.